The summed E-state index contributed by atoms with van der Waals surface area (Å²) in [4.78, 5) is 12.0. The molecule has 1 heterocycles. The summed E-state index contributed by atoms with van der Waals surface area (Å²) in [7, 11) is 1.78. The van der Waals surface area contributed by atoms with E-state index in [9.17, 15) is 4.79 Å². The van der Waals surface area contributed by atoms with Crippen LogP contribution in [0.4, 0.5) is 0 Å². The molecule has 5 nitrogen and oxygen atoms in total. The minimum absolute atomic E-state index is 0.325. The van der Waals surface area contributed by atoms with E-state index >= 15 is 0 Å². The van der Waals surface area contributed by atoms with Gasteiger partial charge in [-0.3, -0.25) is 9.48 Å². The fourth-order valence-electron chi connectivity index (χ4n) is 1.70. The molecule has 0 atom stereocenters. The first kappa shape index (κ1) is 14.5. The van der Waals surface area contributed by atoms with E-state index in [0.29, 0.717) is 10.2 Å². The summed E-state index contributed by atoms with van der Waals surface area (Å²) in [5, 5.41) is 8.08. The van der Waals surface area contributed by atoms with Crippen LogP contribution in [-0.2, 0) is 7.05 Å². The highest BCUT2D eigenvalue weighted by Crippen LogP contribution is 2.19. The number of aryl methyl sites for hydroxylation is 2. The third-order valence-corrected chi connectivity index (χ3v) is 3.85. The van der Waals surface area contributed by atoms with Gasteiger partial charge in [0.2, 0.25) is 0 Å². The van der Waals surface area contributed by atoms with Gasteiger partial charge in [-0.25, -0.2) is 5.43 Å². The van der Waals surface area contributed by atoms with Crippen molar-refractivity contribution in [2.24, 2.45) is 12.1 Å². The second-order valence-electron chi connectivity index (χ2n) is 4.48. The molecule has 0 unspecified atom stereocenters. The number of hydrogen-bond acceptors (Lipinski definition) is 3. The number of nitrogens with zero attached hydrogens (tertiary/aromatic N) is 3. The molecule has 1 amide bonds. The van der Waals surface area contributed by atoms with Crippen LogP contribution in [0.15, 0.2) is 33.8 Å². The van der Waals surface area contributed by atoms with Crippen molar-refractivity contribution in [3.05, 3.63) is 51.3 Å². The number of aromatic nitrogens is 2. The Bertz CT molecular complexity index is 676. The van der Waals surface area contributed by atoms with Gasteiger partial charge in [0.1, 0.15) is 0 Å². The molecule has 20 heavy (non-hydrogen) atoms. The fraction of sp³-hybridized carbons (Fsp3) is 0.214. The molecule has 2 rings (SSSR count). The number of carbonyl (C=O) groups is 1. The van der Waals surface area contributed by atoms with Crippen LogP contribution >= 0.6 is 15.9 Å². The van der Waals surface area contributed by atoms with Crippen LogP contribution in [0, 0.1) is 13.8 Å². The van der Waals surface area contributed by atoms with Gasteiger partial charge in [0.05, 0.1) is 16.4 Å². The molecule has 0 aliphatic carbocycles. The average molecular weight is 335 g/mol. The van der Waals surface area contributed by atoms with Crippen LogP contribution in [0.3, 0.4) is 0 Å². The van der Waals surface area contributed by atoms with E-state index in [1.165, 1.54) is 0 Å². The maximum Gasteiger partial charge on any atom is 0.293 e. The van der Waals surface area contributed by atoms with Gasteiger partial charge in [0.25, 0.3) is 5.91 Å². The Balaban J connectivity index is 2.07. The molecule has 0 aliphatic rings. The summed E-state index contributed by atoms with van der Waals surface area (Å²) in [5.74, 6) is -0.343. The number of hydrogen-bond donors (Lipinski definition) is 1. The lowest BCUT2D eigenvalue weighted by molar-refractivity contribution is 0.0948. The third kappa shape index (κ3) is 3.14. The summed E-state index contributed by atoms with van der Waals surface area (Å²) >= 11 is 3.35. The molecular formula is C14H15BrN4O. The number of nitrogens with one attached hydrogen (secondary N) is 1. The van der Waals surface area contributed by atoms with E-state index in [0.717, 1.165) is 16.8 Å². The molecule has 0 saturated heterocycles. The van der Waals surface area contributed by atoms with E-state index < -0.39 is 0 Å². The second-order valence-corrected chi connectivity index (χ2v) is 5.28. The van der Waals surface area contributed by atoms with Crippen molar-refractivity contribution < 1.29 is 4.79 Å². The van der Waals surface area contributed by atoms with Gasteiger partial charge >= 0.3 is 0 Å². The van der Waals surface area contributed by atoms with Gasteiger partial charge in [0, 0.05) is 7.05 Å². The lowest BCUT2D eigenvalue weighted by atomic mass is 10.2. The standard InChI is InChI=1S/C14H15BrN4O/c1-9-5-4-6-11(7-9)8-16-17-14(20)13-12(15)10(2)19(3)18-13/h4-8H,1-3H3,(H,17,20)/b16-8+. The predicted octanol–water partition coefficient (Wildman–Crippen LogP) is 2.56. The first-order chi connectivity index (χ1) is 9.49. The lowest BCUT2D eigenvalue weighted by Gasteiger charge is -1.97. The van der Waals surface area contributed by atoms with Gasteiger partial charge in [-0.15, -0.1) is 0 Å². The Labute approximate surface area is 125 Å². The van der Waals surface area contributed by atoms with Crippen molar-refractivity contribution in [1.82, 2.24) is 15.2 Å². The van der Waals surface area contributed by atoms with Crippen molar-refractivity contribution in [3.8, 4) is 0 Å². The smallest absolute Gasteiger partial charge is 0.271 e. The zero-order chi connectivity index (χ0) is 14.7. The highest BCUT2D eigenvalue weighted by Gasteiger charge is 2.16. The van der Waals surface area contributed by atoms with Gasteiger partial charge in [0.15, 0.2) is 5.69 Å². The van der Waals surface area contributed by atoms with Gasteiger partial charge in [-0.2, -0.15) is 10.2 Å². The maximum absolute atomic E-state index is 12.0. The summed E-state index contributed by atoms with van der Waals surface area (Å²) in [6.45, 7) is 3.88. The largest absolute Gasteiger partial charge is 0.293 e. The summed E-state index contributed by atoms with van der Waals surface area (Å²) in [5.41, 5.74) is 5.76. The van der Waals surface area contributed by atoms with Crippen molar-refractivity contribution in [3.63, 3.8) is 0 Å². The molecular weight excluding hydrogens is 320 g/mol. The fourth-order valence-corrected chi connectivity index (χ4v) is 2.21. The Kier molecular flexibility index (Phi) is 4.34. The van der Waals surface area contributed by atoms with E-state index in [4.69, 9.17) is 0 Å². The minimum atomic E-state index is -0.343. The number of benzene rings is 1. The summed E-state index contributed by atoms with van der Waals surface area (Å²) in [6, 6.07) is 7.85. The lowest BCUT2D eigenvalue weighted by Crippen LogP contribution is -2.19. The zero-order valence-corrected chi connectivity index (χ0v) is 13.1. The Hall–Kier alpha value is -1.95. The highest BCUT2D eigenvalue weighted by atomic mass is 79.9. The molecule has 0 aliphatic heterocycles. The zero-order valence-electron chi connectivity index (χ0n) is 11.5. The Morgan fingerprint density at radius 3 is 2.80 bits per heavy atom. The Morgan fingerprint density at radius 1 is 1.45 bits per heavy atom. The Morgan fingerprint density at radius 2 is 2.20 bits per heavy atom. The quantitative estimate of drug-likeness (QED) is 0.692. The summed E-state index contributed by atoms with van der Waals surface area (Å²) < 4.78 is 2.33. The monoisotopic (exact) mass is 334 g/mol. The van der Waals surface area contributed by atoms with Crippen molar-refractivity contribution in [1.29, 1.82) is 0 Å². The van der Waals surface area contributed by atoms with E-state index in [2.05, 4.69) is 31.6 Å². The van der Waals surface area contributed by atoms with Gasteiger partial charge < -0.3 is 0 Å². The molecule has 6 heteroatoms. The SMILES string of the molecule is Cc1cccc(/C=N/NC(=O)c2nn(C)c(C)c2Br)c1. The van der Waals surface area contributed by atoms with Crippen LogP contribution in [0.25, 0.3) is 0 Å². The van der Waals surface area contributed by atoms with Crippen LogP contribution in [0.5, 0.6) is 0 Å². The first-order valence-electron chi connectivity index (χ1n) is 6.08. The number of hydrazone groups is 1. The molecule has 1 N–H and O–H groups in total. The molecule has 0 saturated carbocycles. The van der Waals surface area contributed by atoms with Crippen LogP contribution < -0.4 is 5.43 Å². The molecule has 104 valence electrons. The van der Waals surface area contributed by atoms with E-state index in [-0.39, 0.29) is 5.91 Å². The third-order valence-electron chi connectivity index (χ3n) is 2.90. The van der Waals surface area contributed by atoms with Crippen molar-refractivity contribution in [2.75, 3.05) is 0 Å². The van der Waals surface area contributed by atoms with Gasteiger partial charge in [-0.1, -0.05) is 29.8 Å². The maximum atomic E-state index is 12.0. The van der Waals surface area contributed by atoms with Crippen LogP contribution in [0.2, 0.25) is 0 Å². The average Bonchev–Trinajstić information content (AvgIpc) is 2.66. The molecule has 1 aromatic carbocycles. The number of rotatable bonds is 3. The highest BCUT2D eigenvalue weighted by molar-refractivity contribution is 9.10. The molecule has 0 fully saturated rings. The molecule has 1 aromatic heterocycles. The number of amides is 1. The summed E-state index contributed by atoms with van der Waals surface area (Å²) in [6.07, 6.45) is 1.61. The first-order valence-corrected chi connectivity index (χ1v) is 6.87. The minimum Gasteiger partial charge on any atom is -0.271 e. The number of carbonyl (C=O) groups excluding carboxylic acids is 1. The van der Waals surface area contributed by atoms with Crippen LogP contribution in [-0.4, -0.2) is 21.9 Å². The normalized spacial score (nSPS) is 11.0. The topological polar surface area (TPSA) is 59.3 Å². The molecule has 2 aromatic rings. The molecule has 0 spiro atoms. The molecule has 0 radical (unpaired) electrons. The van der Waals surface area contributed by atoms with E-state index in [1.54, 1.807) is 17.9 Å². The van der Waals surface area contributed by atoms with Crippen LogP contribution in [0.1, 0.15) is 27.3 Å². The van der Waals surface area contributed by atoms with Gasteiger partial charge in [-0.05, 0) is 35.3 Å². The second kappa shape index (κ2) is 6.00. The number of halogens is 1. The van der Waals surface area contributed by atoms with E-state index in [1.807, 2.05) is 38.1 Å². The molecule has 0 bridgehead atoms. The predicted molar refractivity (Wildman–Crippen MR) is 81.9 cm³/mol. The van der Waals surface area contributed by atoms with Crippen molar-refractivity contribution in [2.45, 2.75) is 13.8 Å². The van der Waals surface area contributed by atoms with Crippen molar-refractivity contribution >= 4 is 28.1 Å².